The van der Waals surface area contributed by atoms with E-state index in [2.05, 4.69) is 15.3 Å². The zero-order chi connectivity index (χ0) is 14.8. The number of nitrogens with two attached hydrogens (primary N) is 1. The van der Waals surface area contributed by atoms with Gasteiger partial charge in [0.2, 0.25) is 0 Å². The minimum absolute atomic E-state index is 0.239. The fourth-order valence-electron chi connectivity index (χ4n) is 2.06. The number of para-hydroxylation sites is 1. The first-order valence-electron chi connectivity index (χ1n) is 6.20. The van der Waals surface area contributed by atoms with Crippen LogP contribution in [0.3, 0.4) is 0 Å². The fourth-order valence-corrected chi connectivity index (χ4v) is 2.06. The molecule has 1 aromatic heterocycles. The van der Waals surface area contributed by atoms with E-state index in [1.54, 1.807) is 24.4 Å². The van der Waals surface area contributed by atoms with Crippen molar-refractivity contribution in [2.75, 3.05) is 11.1 Å². The summed E-state index contributed by atoms with van der Waals surface area (Å²) in [4.78, 5) is 20.6. The average molecular weight is 282 g/mol. The third-order valence-corrected chi connectivity index (χ3v) is 2.92. The summed E-state index contributed by atoms with van der Waals surface area (Å²) < 4.78 is 13.3. The number of hydrogen-bond donors (Lipinski definition) is 2. The van der Waals surface area contributed by atoms with Crippen LogP contribution in [0.25, 0.3) is 11.0 Å². The molecule has 3 aromatic rings. The number of anilines is 2. The molecule has 104 valence electrons. The molecule has 21 heavy (non-hydrogen) atoms. The van der Waals surface area contributed by atoms with Crippen LogP contribution in [0.4, 0.5) is 15.8 Å². The van der Waals surface area contributed by atoms with E-state index in [1.807, 2.05) is 0 Å². The lowest BCUT2D eigenvalue weighted by Gasteiger charge is -2.08. The maximum Gasteiger partial charge on any atom is 0.257 e. The molecule has 0 radical (unpaired) electrons. The molecule has 3 rings (SSSR count). The van der Waals surface area contributed by atoms with Gasteiger partial charge in [0.15, 0.2) is 0 Å². The molecule has 0 aliphatic heterocycles. The van der Waals surface area contributed by atoms with Crippen LogP contribution >= 0.6 is 0 Å². The van der Waals surface area contributed by atoms with Crippen molar-refractivity contribution in [2.45, 2.75) is 0 Å². The van der Waals surface area contributed by atoms with Gasteiger partial charge >= 0.3 is 0 Å². The van der Waals surface area contributed by atoms with Crippen LogP contribution in [0.15, 0.2) is 48.8 Å². The Balaban J connectivity index is 1.97. The number of hydrogen-bond acceptors (Lipinski definition) is 4. The van der Waals surface area contributed by atoms with E-state index in [0.717, 1.165) is 0 Å². The van der Waals surface area contributed by atoms with Crippen molar-refractivity contribution < 1.29 is 9.18 Å². The first kappa shape index (κ1) is 13.0. The van der Waals surface area contributed by atoms with Gasteiger partial charge in [-0.2, -0.15) is 0 Å². The number of carbonyl (C=O) groups excluding carboxylic acids is 1. The van der Waals surface area contributed by atoms with E-state index in [9.17, 15) is 9.18 Å². The van der Waals surface area contributed by atoms with Gasteiger partial charge in [-0.25, -0.2) is 4.39 Å². The first-order chi connectivity index (χ1) is 10.1. The highest BCUT2D eigenvalue weighted by atomic mass is 19.1. The third-order valence-electron chi connectivity index (χ3n) is 2.92. The Morgan fingerprint density at radius 3 is 2.76 bits per heavy atom. The van der Waals surface area contributed by atoms with Gasteiger partial charge in [-0.15, -0.1) is 0 Å². The number of benzene rings is 2. The van der Waals surface area contributed by atoms with Crippen molar-refractivity contribution in [1.29, 1.82) is 0 Å². The molecule has 0 unspecified atom stereocenters. The number of rotatable bonds is 2. The highest BCUT2D eigenvalue weighted by Gasteiger charge is 2.12. The predicted molar refractivity (Wildman–Crippen MR) is 78.3 cm³/mol. The van der Waals surface area contributed by atoms with E-state index in [0.29, 0.717) is 22.3 Å². The molecule has 0 saturated heterocycles. The van der Waals surface area contributed by atoms with E-state index in [1.165, 1.54) is 24.4 Å². The van der Waals surface area contributed by atoms with Crippen molar-refractivity contribution in [1.82, 2.24) is 9.97 Å². The standard InChI is InChI=1S/C15H11FN4O/c16-9-6-10(17)8-11(7-9)20-15(21)12-2-1-3-13-14(12)19-5-4-18-13/h1-8H,17H2,(H,20,21). The normalized spacial score (nSPS) is 10.5. The SMILES string of the molecule is Nc1cc(F)cc(NC(=O)c2cccc3nccnc23)c1. The van der Waals surface area contributed by atoms with Gasteiger partial charge in [0.05, 0.1) is 11.1 Å². The monoisotopic (exact) mass is 282 g/mol. The molecule has 0 atom stereocenters. The minimum atomic E-state index is -0.511. The molecule has 0 fully saturated rings. The van der Waals surface area contributed by atoms with Crippen LogP contribution in [0.5, 0.6) is 0 Å². The number of halogens is 1. The number of nitrogens with one attached hydrogen (secondary N) is 1. The van der Waals surface area contributed by atoms with E-state index >= 15 is 0 Å². The highest BCUT2D eigenvalue weighted by Crippen LogP contribution is 2.19. The predicted octanol–water partition coefficient (Wildman–Crippen LogP) is 2.60. The summed E-state index contributed by atoms with van der Waals surface area (Å²) in [5, 5.41) is 2.61. The zero-order valence-corrected chi connectivity index (χ0v) is 10.9. The Morgan fingerprint density at radius 2 is 1.95 bits per heavy atom. The van der Waals surface area contributed by atoms with E-state index in [-0.39, 0.29) is 5.69 Å². The van der Waals surface area contributed by atoms with E-state index in [4.69, 9.17) is 5.73 Å². The van der Waals surface area contributed by atoms with Gasteiger partial charge in [0, 0.05) is 23.8 Å². The molecule has 1 heterocycles. The van der Waals surface area contributed by atoms with Crippen molar-refractivity contribution in [3.8, 4) is 0 Å². The summed E-state index contributed by atoms with van der Waals surface area (Å²) in [5.41, 5.74) is 7.55. The summed E-state index contributed by atoms with van der Waals surface area (Å²) in [5.74, 6) is -0.908. The molecule has 3 N–H and O–H groups in total. The lowest BCUT2D eigenvalue weighted by Crippen LogP contribution is -2.13. The van der Waals surface area contributed by atoms with Crippen LogP contribution in [0.1, 0.15) is 10.4 Å². The third kappa shape index (κ3) is 2.64. The maximum absolute atomic E-state index is 13.3. The van der Waals surface area contributed by atoms with Crippen LogP contribution < -0.4 is 11.1 Å². The molecule has 0 bridgehead atoms. The Hall–Kier alpha value is -3.02. The number of aromatic nitrogens is 2. The Bertz CT molecular complexity index is 809. The molecule has 0 aliphatic rings. The summed E-state index contributed by atoms with van der Waals surface area (Å²) in [6, 6.07) is 8.97. The van der Waals surface area contributed by atoms with Crippen molar-refractivity contribution in [3.05, 3.63) is 60.2 Å². The van der Waals surface area contributed by atoms with Crippen molar-refractivity contribution in [2.24, 2.45) is 0 Å². The molecule has 2 aromatic carbocycles. The Labute approximate surface area is 119 Å². The Kier molecular flexibility index (Phi) is 3.19. The summed E-state index contributed by atoms with van der Waals surface area (Å²) in [6.07, 6.45) is 3.07. The molecular formula is C15H11FN4O. The van der Waals surface area contributed by atoms with Crippen LogP contribution in [0, 0.1) is 5.82 Å². The summed E-state index contributed by atoms with van der Waals surface area (Å²) in [7, 11) is 0. The summed E-state index contributed by atoms with van der Waals surface area (Å²) >= 11 is 0. The van der Waals surface area contributed by atoms with Gasteiger partial charge in [-0.05, 0) is 30.3 Å². The largest absolute Gasteiger partial charge is 0.399 e. The number of amides is 1. The quantitative estimate of drug-likeness (QED) is 0.708. The van der Waals surface area contributed by atoms with Crippen LogP contribution in [0.2, 0.25) is 0 Å². The highest BCUT2D eigenvalue weighted by molar-refractivity contribution is 6.11. The lowest BCUT2D eigenvalue weighted by molar-refractivity contribution is 0.102. The second-order valence-corrected chi connectivity index (χ2v) is 4.46. The minimum Gasteiger partial charge on any atom is -0.399 e. The molecule has 5 nitrogen and oxygen atoms in total. The van der Waals surface area contributed by atoms with Gasteiger partial charge in [-0.3, -0.25) is 14.8 Å². The number of nitrogen functional groups attached to an aromatic ring is 1. The van der Waals surface area contributed by atoms with Crippen LogP contribution in [-0.2, 0) is 0 Å². The van der Waals surface area contributed by atoms with Gasteiger partial charge in [0.25, 0.3) is 5.91 Å². The zero-order valence-electron chi connectivity index (χ0n) is 10.9. The van der Waals surface area contributed by atoms with E-state index < -0.39 is 11.7 Å². The molecular weight excluding hydrogens is 271 g/mol. The second-order valence-electron chi connectivity index (χ2n) is 4.46. The summed E-state index contributed by atoms with van der Waals surface area (Å²) in [6.45, 7) is 0. The van der Waals surface area contributed by atoms with Gasteiger partial charge in [0.1, 0.15) is 11.3 Å². The molecule has 0 spiro atoms. The molecule has 6 heteroatoms. The maximum atomic E-state index is 13.3. The smallest absolute Gasteiger partial charge is 0.257 e. The first-order valence-corrected chi connectivity index (χ1v) is 6.20. The topological polar surface area (TPSA) is 80.9 Å². The number of carbonyl (C=O) groups is 1. The molecule has 1 amide bonds. The average Bonchev–Trinajstić information content (AvgIpc) is 2.45. The van der Waals surface area contributed by atoms with Gasteiger partial charge < -0.3 is 11.1 Å². The Morgan fingerprint density at radius 1 is 1.14 bits per heavy atom. The number of fused-ring (bicyclic) bond motifs is 1. The molecule has 0 saturated carbocycles. The van der Waals surface area contributed by atoms with Crippen molar-refractivity contribution >= 4 is 28.3 Å². The fraction of sp³-hybridized carbons (Fsp3) is 0. The second kappa shape index (κ2) is 5.16. The van der Waals surface area contributed by atoms with Crippen LogP contribution in [-0.4, -0.2) is 15.9 Å². The lowest BCUT2D eigenvalue weighted by atomic mass is 10.1. The van der Waals surface area contributed by atoms with Gasteiger partial charge in [-0.1, -0.05) is 6.07 Å². The van der Waals surface area contributed by atoms with Crippen molar-refractivity contribution in [3.63, 3.8) is 0 Å². The number of nitrogens with zero attached hydrogens (tertiary/aromatic N) is 2. The molecule has 0 aliphatic carbocycles.